The van der Waals surface area contributed by atoms with Gasteiger partial charge in [0.2, 0.25) is 0 Å². The number of aryl methyl sites for hydroxylation is 1. The molecule has 2 aromatic rings. The molecule has 0 aromatic heterocycles. The maximum absolute atomic E-state index is 12.3. The van der Waals surface area contributed by atoms with Crippen LogP contribution < -0.4 is 10.1 Å². The van der Waals surface area contributed by atoms with Gasteiger partial charge in [-0.3, -0.25) is 4.79 Å². The van der Waals surface area contributed by atoms with Crippen molar-refractivity contribution in [1.82, 2.24) is 5.32 Å². The standard InChI is InChI=1S/C20H15I2N3O2S/c1-2-12-3-5-14(6-4-12)24-20-25-19(26)17(28-20)11-13-9-15(21)18(16(22)10-13)27-8-7-23/h3-6,9-11H,2,8H2,1H3,(H,24,25,26)/b17-11-. The van der Waals surface area contributed by atoms with Crippen LogP contribution in [0, 0.1) is 18.5 Å². The lowest BCUT2D eigenvalue weighted by Gasteiger charge is -2.08. The van der Waals surface area contributed by atoms with Gasteiger partial charge in [0, 0.05) is 0 Å². The third kappa shape index (κ3) is 5.27. The molecule has 0 unspecified atom stereocenters. The molecule has 0 spiro atoms. The number of nitrogens with one attached hydrogen (secondary N) is 1. The van der Waals surface area contributed by atoms with Gasteiger partial charge in [0.25, 0.3) is 5.91 Å². The number of aliphatic imine (C=N–C) groups is 1. The highest BCUT2D eigenvalue weighted by Gasteiger charge is 2.24. The van der Waals surface area contributed by atoms with E-state index >= 15 is 0 Å². The molecular formula is C20H15I2N3O2S. The topological polar surface area (TPSA) is 74.5 Å². The highest BCUT2D eigenvalue weighted by atomic mass is 127. The van der Waals surface area contributed by atoms with Crippen molar-refractivity contribution in [2.75, 3.05) is 6.61 Å². The second-order valence-electron chi connectivity index (χ2n) is 5.76. The summed E-state index contributed by atoms with van der Waals surface area (Å²) in [6.45, 7) is 2.11. The molecule has 3 rings (SSSR count). The van der Waals surface area contributed by atoms with Crippen LogP contribution in [0.25, 0.3) is 6.08 Å². The lowest BCUT2D eigenvalue weighted by atomic mass is 10.2. The molecule has 5 nitrogen and oxygen atoms in total. The molecule has 0 bridgehead atoms. The Morgan fingerprint density at radius 3 is 2.54 bits per heavy atom. The molecule has 142 valence electrons. The van der Waals surface area contributed by atoms with E-state index in [1.165, 1.54) is 17.3 Å². The van der Waals surface area contributed by atoms with Crippen LogP contribution in [-0.4, -0.2) is 17.7 Å². The molecule has 1 amide bonds. The van der Waals surface area contributed by atoms with Crippen molar-refractivity contribution in [1.29, 1.82) is 5.26 Å². The van der Waals surface area contributed by atoms with Crippen LogP contribution in [0.4, 0.5) is 5.69 Å². The number of hydrogen-bond acceptors (Lipinski definition) is 5. The number of rotatable bonds is 5. The number of nitriles is 1. The van der Waals surface area contributed by atoms with E-state index in [1.807, 2.05) is 48.5 Å². The molecule has 1 fully saturated rings. The first-order valence-electron chi connectivity index (χ1n) is 8.37. The minimum Gasteiger partial charge on any atom is -0.477 e. The van der Waals surface area contributed by atoms with Crippen LogP contribution in [-0.2, 0) is 11.2 Å². The van der Waals surface area contributed by atoms with Crippen LogP contribution in [0.2, 0.25) is 0 Å². The lowest BCUT2D eigenvalue weighted by molar-refractivity contribution is -0.115. The Balaban J connectivity index is 1.80. The number of carbonyl (C=O) groups excluding carboxylic acids is 1. The third-order valence-corrected chi connectivity index (χ3v) is 6.34. The van der Waals surface area contributed by atoms with Gasteiger partial charge in [-0.1, -0.05) is 19.1 Å². The van der Waals surface area contributed by atoms with Crippen molar-refractivity contribution in [2.24, 2.45) is 4.99 Å². The van der Waals surface area contributed by atoms with Gasteiger partial charge in [-0.05, 0) is 105 Å². The van der Waals surface area contributed by atoms with Crippen molar-refractivity contribution in [3.8, 4) is 11.8 Å². The fourth-order valence-corrected chi connectivity index (χ4v) is 5.43. The zero-order valence-corrected chi connectivity index (χ0v) is 20.0. The van der Waals surface area contributed by atoms with E-state index in [4.69, 9.17) is 10.00 Å². The average Bonchev–Trinajstić information content (AvgIpc) is 3.00. The Morgan fingerprint density at radius 1 is 1.25 bits per heavy atom. The summed E-state index contributed by atoms with van der Waals surface area (Å²) in [6, 6.07) is 13.8. The van der Waals surface area contributed by atoms with Gasteiger partial charge in [-0.25, -0.2) is 4.99 Å². The number of nitrogens with zero attached hydrogens (tertiary/aromatic N) is 2. The summed E-state index contributed by atoms with van der Waals surface area (Å²) < 4.78 is 7.24. The number of amides is 1. The summed E-state index contributed by atoms with van der Waals surface area (Å²) in [4.78, 5) is 17.4. The Bertz CT molecular complexity index is 988. The fourth-order valence-electron chi connectivity index (χ4n) is 2.46. The van der Waals surface area contributed by atoms with E-state index in [0.29, 0.717) is 15.8 Å². The predicted octanol–water partition coefficient (Wildman–Crippen LogP) is 5.25. The largest absolute Gasteiger partial charge is 0.477 e. The molecule has 1 N–H and O–H groups in total. The molecule has 0 aliphatic carbocycles. The van der Waals surface area contributed by atoms with Crippen molar-refractivity contribution in [3.05, 3.63) is 59.6 Å². The number of ether oxygens (including phenoxy) is 1. The highest BCUT2D eigenvalue weighted by Crippen LogP contribution is 2.32. The highest BCUT2D eigenvalue weighted by molar-refractivity contribution is 14.1. The number of carbonyl (C=O) groups is 1. The van der Waals surface area contributed by atoms with Crippen LogP contribution in [0.15, 0.2) is 46.3 Å². The van der Waals surface area contributed by atoms with E-state index < -0.39 is 0 Å². The van der Waals surface area contributed by atoms with Crippen molar-refractivity contribution in [3.63, 3.8) is 0 Å². The summed E-state index contributed by atoms with van der Waals surface area (Å²) in [5.41, 5.74) is 2.95. The van der Waals surface area contributed by atoms with Crippen LogP contribution >= 0.6 is 56.9 Å². The minimum atomic E-state index is -0.163. The first-order chi connectivity index (χ1) is 13.5. The van der Waals surface area contributed by atoms with Crippen molar-refractivity contribution < 1.29 is 9.53 Å². The maximum Gasteiger partial charge on any atom is 0.264 e. The van der Waals surface area contributed by atoms with Gasteiger partial charge in [-0.2, -0.15) is 5.26 Å². The summed E-state index contributed by atoms with van der Waals surface area (Å²) in [5.74, 6) is 0.523. The smallest absolute Gasteiger partial charge is 0.264 e. The van der Waals surface area contributed by atoms with Gasteiger partial charge < -0.3 is 10.1 Å². The van der Waals surface area contributed by atoms with Gasteiger partial charge in [0.15, 0.2) is 11.8 Å². The second kappa shape index (κ2) is 9.76. The average molecular weight is 615 g/mol. The monoisotopic (exact) mass is 615 g/mol. The van der Waals surface area contributed by atoms with Crippen LogP contribution in [0.3, 0.4) is 0 Å². The van der Waals surface area contributed by atoms with Gasteiger partial charge >= 0.3 is 0 Å². The normalized spacial score (nSPS) is 16.3. The lowest BCUT2D eigenvalue weighted by Crippen LogP contribution is -2.19. The molecule has 8 heteroatoms. The molecule has 1 aliphatic rings. The number of benzene rings is 2. The molecule has 0 saturated carbocycles. The van der Waals surface area contributed by atoms with E-state index in [9.17, 15) is 4.79 Å². The van der Waals surface area contributed by atoms with Gasteiger partial charge in [0.05, 0.1) is 17.7 Å². The van der Waals surface area contributed by atoms with E-state index in [0.717, 1.165) is 24.8 Å². The molecule has 2 aromatic carbocycles. The van der Waals surface area contributed by atoms with Gasteiger partial charge in [-0.15, -0.1) is 0 Å². The quantitative estimate of drug-likeness (QED) is 0.369. The van der Waals surface area contributed by atoms with Crippen LogP contribution in [0.1, 0.15) is 18.1 Å². The predicted molar refractivity (Wildman–Crippen MR) is 130 cm³/mol. The first kappa shape index (κ1) is 21.1. The molecule has 0 atom stereocenters. The summed E-state index contributed by atoms with van der Waals surface area (Å²) in [7, 11) is 0. The van der Waals surface area contributed by atoms with E-state index in [1.54, 1.807) is 0 Å². The van der Waals surface area contributed by atoms with Crippen molar-refractivity contribution in [2.45, 2.75) is 13.3 Å². The summed E-state index contributed by atoms with van der Waals surface area (Å²) in [6.07, 6.45) is 2.81. The molecule has 1 saturated heterocycles. The van der Waals surface area contributed by atoms with Crippen molar-refractivity contribution >= 4 is 79.8 Å². The molecule has 1 aliphatic heterocycles. The summed E-state index contributed by atoms with van der Waals surface area (Å²) >= 11 is 5.66. The zero-order chi connectivity index (χ0) is 20.1. The minimum absolute atomic E-state index is 0.00373. The first-order valence-corrected chi connectivity index (χ1v) is 11.3. The van der Waals surface area contributed by atoms with E-state index in [-0.39, 0.29) is 12.5 Å². The Morgan fingerprint density at radius 2 is 1.93 bits per heavy atom. The zero-order valence-electron chi connectivity index (χ0n) is 14.8. The van der Waals surface area contributed by atoms with Crippen LogP contribution in [0.5, 0.6) is 5.75 Å². The second-order valence-corrected chi connectivity index (χ2v) is 9.12. The SMILES string of the molecule is CCc1ccc(N=C2NC(=O)/C(=C/c3cc(I)c(OCC#N)c(I)c3)S2)cc1. The molecule has 1 heterocycles. The molecular weight excluding hydrogens is 600 g/mol. The Kier molecular flexibility index (Phi) is 7.36. The number of amidine groups is 1. The summed E-state index contributed by atoms with van der Waals surface area (Å²) in [5, 5.41) is 12.1. The third-order valence-electron chi connectivity index (χ3n) is 3.83. The number of hydrogen-bond donors (Lipinski definition) is 1. The van der Waals surface area contributed by atoms with E-state index in [2.05, 4.69) is 62.4 Å². The maximum atomic E-state index is 12.3. The fraction of sp³-hybridized carbons (Fsp3) is 0.150. The Hall–Kier alpha value is -1.58. The number of thioether (sulfide) groups is 1. The number of halogens is 2. The molecule has 28 heavy (non-hydrogen) atoms. The van der Waals surface area contributed by atoms with Gasteiger partial charge in [0.1, 0.15) is 11.8 Å². The Labute approximate surface area is 194 Å². The molecule has 0 radical (unpaired) electrons.